The van der Waals surface area contributed by atoms with Gasteiger partial charge >= 0.3 is 0 Å². The minimum Gasteiger partial charge on any atom is -0.465 e. The first-order chi connectivity index (χ1) is 7.95. The van der Waals surface area contributed by atoms with Crippen LogP contribution in [0.1, 0.15) is 37.8 Å². The van der Waals surface area contributed by atoms with Gasteiger partial charge in [0.05, 0.1) is 12.1 Å². The molecule has 0 radical (unpaired) electrons. The van der Waals surface area contributed by atoms with Gasteiger partial charge in [0.2, 0.25) is 0 Å². The van der Waals surface area contributed by atoms with Gasteiger partial charge in [-0.2, -0.15) is 0 Å². The third kappa shape index (κ3) is 3.84. The molecule has 0 bridgehead atoms. The molecule has 1 aromatic rings. The Hall–Kier alpha value is -0.840. The van der Waals surface area contributed by atoms with Crippen LogP contribution in [-0.4, -0.2) is 35.7 Å². The van der Waals surface area contributed by atoms with Crippen LogP contribution in [0.25, 0.3) is 0 Å². The van der Waals surface area contributed by atoms with Crippen LogP contribution in [0.4, 0.5) is 0 Å². The Labute approximate surface area is 103 Å². The highest BCUT2D eigenvalue weighted by Crippen LogP contribution is 2.25. The van der Waals surface area contributed by atoms with Crippen LogP contribution in [0.15, 0.2) is 16.5 Å². The first-order valence-corrected chi connectivity index (χ1v) is 6.16. The van der Waals surface area contributed by atoms with Crippen molar-refractivity contribution in [1.29, 1.82) is 0 Å². The molecule has 0 spiro atoms. The van der Waals surface area contributed by atoms with Crippen molar-refractivity contribution in [3.05, 3.63) is 23.7 Å². The van der Waals surface area contributed by atoms with Gasteiger partial charge in [0.15, 0.2) is 0 Å². The summed E-state index contributed by atoms with van der Waals surface area (Å²) >= 11 is 0. The van der Waals surface area contributed by atoms with Gasteiger partial charge in [-0.25, -0.2) is 0 Å². The van der Waals surface area contributed by atoms with E-state index in [0.29, 0.717) is 6.54 Å². The quantitative estimate of drug-likeness (QED) is 0.794. The zero-order chi connectivity index (χ0) is 13.0. The van der Waals surface area contributed by atoms with E-state index >= 15 is 0 Å². The topological polar surface area (TPSA) is 62.6 Å². The monoisotopic (exact) mass is 240 g/mol. The Bertz CT molecular complexity index is 336. The number of aryl methyl sites for hydroxylation is 1. The van der Waals surface area contributed by atoms with Crippen LogP contribution in [0.5, 0.6) is 0 Å². The minimum atomic E-state index is -0.373. The SMILES string of the molecule is CCC(N)C(c1ccc(C)o1)N(C)CC(C)O. The van der Waals surface area contributed by atoms with Crippen molar-refractivity contribution in [1.82, 2.24) is 4.90 Å². The normalized spacial score (nSPS) is 17.1. The lowest BCUT2D eigenvalue weighted by atomic mass is 10.0. The molecule has 4 nitrogen and oxygen atoms in total. The lowest BCUT2D eigenvalue weighted by Crippen LogP contribution is -2.41. The molecule has 1 rings (SSSR count). The molecule has 0 aromatic carbocycles. The summed E-state index contributed by atoms with van der Waals surface area (Å²) in [5, 5.41) is 9.47. The maximum Gasteiger partial charge on any atom is 0.122 e. The van der Waals surface area contributed by atoms with Gasteiger partial charge < -0.3 is 15.3 Å². The Morgan fingerprint density at radius 1 is 1.47 bits per heavy atom. The van der Waals surface area contributed by atoms with E-state index in [9.17, 15) is 5.11 Å². The summed E-state index contributed by atoms with van der Waals surface area (Å²) in [5.41, 5.74) is 6.15. The third-order valence-corrected chi connectivity index (χ3v) is 2.96. The second-order valence-electron chi connectivity index (χ2n) is 4.75. The molecule has 17 heavy (non-hydrogen) atoms. The van der Waals surface area contributed by atoms with Crippen LogP contribution < -0.4 is 5.73 Å². The highest BCUT2D eigenvalue weighted by atomic mass is 16.3. The Kier molecular flexibility index (Phi) is 5.18. The first kappa shape index (κ1) is 14.2. The van der Waals surface area contributed by atoms with Crippen LogP contribution >= 0.6 is 0 Å². The largest absolute Gasteiger partial charge is 0.465 e. The number of likely N-dealkylation sites (N-methyl/N-ethyl adjacent to an activating group) is 1. The standard InChI is InChI=1S/C13H24N2O2/c1-5-11(14)13(15(4)8-9(2)16)12-7-6-10(3)17-12/h6-7,9,11,13,16H,5,8,14H2,1-4H3. The van der Waals surface area contributed by atoms with Gasteiger partial charge in [-0.05, 0) is 39.4 Å². The molecule has 0 fully saturated rings. The summed E-state index contributed by atoms with van der Waals surface area (Å²) in [6.45, 7) is 6.34. The fourth-order valence-corrected chi connectivity index (χ4v) is 2.12. The molecule has 0 saturated carbocycles. The van der Waals surface area contributed by atoms with Gasteiger partial charge in [0, 0.05) is 12.6 Å². The summed E-state index contributed by atoms with van der Waals surface area (Å²) < 4.78 is 5.67. The number of hydrogen-bond donors (Lipinski definition) is 2. The first-order valence-electron chi connectivity index (χ1n) is 6.16. The minimum absolute atomic E-state index is 0.00398. The average Bonchev–Trinajstić information content (AvgIpc) is 2.63. The highest BCUT2D eigenvalue weighted by molar-refractivity contribution is 5.12. The van der Waals surface area contributed by atoms with Crippen LogP contribution in [0, 0.1) is 6.92 Å². The second kappa shape index (κ2) is 6.19. The third-order valence-electron chi connectivity index (χ3n) is 2.96. The van der Waals surface area contributed by atoms with E-state index in [-0.39, 0.29) is 18.2 Å². The summed E-state index contributed by atoms with van der Waals surface area (Å²) in [4.78, 5) is 2.05. The van der Waals surface area contributed by atoms with E-state index in [0.717, 1.165) is 17.9 Å². The van der Waals surface area contributed by atoms with E-state index in [2.05, 4.69) is 11.8 Å². The van der Waals surface area contributed by atoms with Gasteiger partial charge in [-0.1, -0.05) is 6.92 Å². The molecule has 1 aromatic heterocycles. The van der Waals surface area contributed by atoms with Crippen molar-refractivity contribution < 1.29 is 9.52 Å². The molecule has 0 aliphatic carbocycles. The van der Waals surface area contributed by atoms with Crippen LogP contribution in [0.2, 0.25) is 0 Å². The number of nitrogens with zero attached hydrogens (tertiary/aromatic N) is 1. The molecule has 3 N–H and O–H groups in total. The lowest BCUT2D eigenvalue weighted by molar-refractivity contribution is 0.0979. The smallest absolute Gasteiger partial charge is 0.122 e. The lowest BCUT2D eigenvalue weighted by Gasteiger charge is -2.31. The number of aliphatic hydroxyl groups excluding tert-OH is 1. The summed E-state index contributed by atoms with van der Waals surface area (Å²) in [6.07, 6.45) is 0.497. The van der Waals surface area contributed by atoms with Crippen molar-refractivity contribution in [2.75, 3.05) is 13.6 Å². The Morgan fingerprint density at radius 3 is 2.53 bits per heavy atom. The zero-order valence-electron chi connectivity index (χ0n) is 11.2. The number of rotatable bonds is 6. The summed E-state index contributed by atoms with van der Waals surface area (Å²) in [7, 11) is 1.96. The van der Waals surface area contributed by atoms with E-state index in [4.69, 9.17) is 10.2 Å². The van der Waals surface area contributed by atoms with Crippen molar-refractivity contribution in [3.63, 3.8) is 0 Å². The molecule has 0 saturated heterocycles. The van der Waals surface area contributed by atoms with E-state index in [1.54, 1.807) is 6.92 Å². The van der Waals surface area contributed by atoms with Crippen LogP contribution in [-0.2, 0) is 0 Å². The molecule has 3 atom stereocenters. The fourth-order valence-electron chi connectivity index (χ4n) is 2.12. The molecule has 0 amide bonds. The number of hydrogen-bond acceptors (Lipinski definition) is 4. The maximum atomic E-state index is 9.47. The van der Waals surface area contributed by atoms with Crippen molar-refractivity contribution in [3.8, 4) is 0 Å². The van der Waals surface area contributed by atoms with E-state index in [1.165, 1.54) is 0 Å². The molecule has 1 heterocycles. The van der Waals surface area contributed by atoms with Gasteiger partial charge in [-0.15, -0.1) is 0 Å². The maximum absolute atomic E-state index is 9.47. The molecule has 0 aliphatic heterocycles. The molecular weight excluding hydrogens is 216 g/mol. The predicted octanol–water partition coefficient (Wildman–Crippen LogP) is 1.68. The highest BCUT2D eigenvalue weighted by Gasteiger charge is 2.26. The molecule has 98 valence electrons. The summed E-state index contributed by atoms with van der Waals surface area (Å²) in [6, 6.07) is 3.93. The predicted molar refractivity (Wildman–Crippen MR) is 68.8 cm³/mol. The van der Waals surface area contributed by atoms with Gasteiger partial charge in [0.1, 0.15) is 11.5 Å². The van der Waals surface area contributed by atoms with Crippen molar-refractivity contribution in [2.45, 2.75) is 45.4 Å². The number of nitrogens with two attached hydrogens (primary N) is 1. The molecule has 3 unspecified atom stereocenters. The number of furan rings is 1. The van der Waals surface area contributed by atoms with Gasteiger partial charge in [0.25, 0.3) is 0 Å². The second-order valence-corrected chi connectivity index (χ2v) is 4.75. The van der Waals surface area contributed by atoms with Crippen molar-refractivity contribution in [2.24, 2.45) is 5.73 Å². The summed E-state index contributed by atoms with van der Waals surface area (Å²) in [5.74, 6) is 1.76. The number of aliphatic hydroxyl groups is 1. The molecule has 0 aliphatic rings. The van der Waals surface area contributed by atoms with Crippen molar-refractivity contribution >= 4 is 0 Å². The average molecular weight is 240 g/mol. The van der Waals surface area contributed by atoms with E-state index < -0.39 is 0 Å². The Morgan fingerprint density at radius 2 is 2.12 bits per heavy atom. The van der Waals surface area contributed by atoms with E-state index in [1.807, 2.05) is 26.1 Å². The molecular formula is C13H24N2O2. The zero-order valence-corrected chi connectivity index (χ0v) is 11.2. The van der Waals surface area contributed by atoms with Gasteiger partial charge in [-0.3, -0.25) is 4.90 Å². The fraction of sp³-hybridized carbons (Fsp3) is 0.692. The Balaban J connectivity index is 2.87. The molecule has 4 heteroatoms. The van der Waals surface area contributed by atoms with Crippen LogP contribution in [0.3, 0.4) is 0 Å².